The first-order valence-electron chi connectivity index (χ1n) is 16.6. The van der Waals surface area contributed by atoms with Crippen LogP contribution in [0.2, 0.25) is 0 Å². The SMILES string of the molecule is CCCC[N+](CC/C=C/CC/C=C/CC[P+](CCCC)(CCCC)CCCC)(CCCC)CCCC. The van der Waals surface area contributed by atoms with Crippen molar-refractivity contribution in [1.82, 2.24) is 0 Å². The van der Waals surface area contributed by atoms with E-state index in [1.165, 1.54) is 140 Å². The zero-order chi connectivity index (χ0) is 26.8. The highest BCUT2D eigenvalue weighted by Gasteiger charge is 2.34. The molecule has 0 aromatic heterocycles. The lowest BCUT2D eigenvalue weighted by atomic mass is 10.1. The largest absolute Gasteiger partial charge is 0.323 e. The van der Waals surface area contributed by atoms with Crippen molar-refractivity contribution in [3.63, 3.8) is 0 Å². The van der Waals surface area contributed by atoms with Gasteiger partial charge in [0.1, 0.15) is 0 Å². The molecule has 0 saturated heterocycles. The fraction of sp³-hybridized carbons (Fsp3) is 0.882. The lowest BCUT2D eigenvalue weighted by Gasteiger charge is -2.39. The van der Waals surface area contributed by atoms with Gasteiger partial charge in [-0.05, 0) is 57.8 Å². The zero-order valence-electron chi connectivity index (χ0n) is 26.2. The summed E-state index contributed by atoms with van der Waals surface area (Å²) in [6.07, 6.45) is 37.9. The molecule has 0 aromatic carbocycles. The zero-order valence-corrected chi connectivity index (χ0v) is 27.1. The summed E-state index contributed by atoms with van der Waals surface area (Å²) in [7, 11) is -0.724. The van der Waals surface area contributed by atoms with Gasteiger partial charge in [-0.3, -0.25) is 0 Å². The van der Waals surface area contributed by atoms with E-state index >= 15 is 0 Å². The van der Waals surface area contributed by atoms with E-state index in [1.807, 2.05) is 0 Å². The Morgan fingerprint density at radius 3 is 1.14 bits per heavy atom. The van der Waals surface area contributed by atoms with Crippen LogP contribution in [-0.2, 0) is 0 Å². The first-order valence-corrected chi connectivity index (χ1v) is 19.1. The van der Waals surface area contributed by atoms with Gasteiger partial charge in [-0.2, -0.15) is 0 Å². The van der Waals surface area contributed by atoms with Crippen molar-refractivity contribution < 1.29 is 4.48 Å². The van der Waals surface area contributed by atoms with E-state index in [9.17, 15) is 0 Å². The molecule has 0 unspecified atom stereocenters. The van der Waals surface area contributed by atoms with Crippen molar-refractivity contribution in [3.05, 3.63) is 24.3 Å². The second-order valence-corrected chi connectivity index (χ2v) is 16.2. The van der Waals surface area contributed by atoms with E-state index in [2.05, 4.69) is 65.8 Å². The highest BCUT2D eigenvalue weighted by Crippen LogP contribution is 2.61. The van der Waals surface area contributed by atoms with E-state index in [0.29, 0.717) is 0 Å². The quantitative estimate of drug-likeness (QED) is 0.0434. The molecule has 0 aliphatic heterocycles. The molecule has 1 nitrogen and oxygen atoms in total. The van der Waals surface area contributed by atoms with E-state index in [1.54, 1.807) is 18.5 Å². The minimum absolute atomic E-state index is 0.724. The Morgan fingerprint density at radius 2 is 0.750 bits per heavy atom. The second kappa shape index (κ2) is 25.2. The lowest BCUT2D eigenvalue weighted by Crippen LogP contribution is -2.50. The summed E-state index contributed by atoms with van der Waals surface area (Å²) in [5.74, 6) is 0. The minimum atomic E-state index is -0.724. The predicted octanol–water partition coefficient (Wildman–Crippen LogP) is 11.3. The maximum absolute atomic E-state index is 2.54. The third-order valence-electron chi connectivity index (χ3n) is 8.29. The van der Waals surface area contributed by atoms with Crippen molar-refractivity contribution in [2.24, 2.45) is 0 Å². The molecule has 0 fully saturated rings. The van der Waals surface area contributed by atoms with Crippen LogP contribution >= 0.6 is 7.26 Å². The molecule has 0 spiro atoms. The number of rotatable bonds is 27. The highest BCUT2D eigenvalue weighted by atomic mass is 31.2. The molecule has 0 N–H and O–H groups in total. The van der Waals surface area contributed by atoms with Crippen molar-refractivity contribution in [2.75, 3.05) is 50.8 Å². The number of quaternary nitrogens is 1. The number of hydrogen-bond donors (Lipinski definition) is 0. The first kappa shape index (κ1) is 35.9. The molecule has 0 aliphatic carbocycles. The summed E-state index contributed by atoms with van der Waals surface area (Å²) in [5.41, 5.74) is 0. The summed E-state index contributed by atoms with van der Waals surface area (Å²) in [4.78, 5) is 0. The van der Waals surface area contributed by atoms with Crippen LogP contribution in [0.5, 0.6) is 0 Å². The third kappa shape index (κ3) is 18.2. The van der Waals surface area contributed by atoms with Crippen LogP contribution < -0.4 is 0 Å². The van der Waals surface area contributed by atoms with Gasteiger partial charge < -0.3 is 4.48 Å². The van der Waals surface area contributed by atoms with E-state index < -0.39 is 7.26 Å². The summed E-state index contributed by atoms with van der Waals surface area (Å²) < 4.78 is 1.37. The highest BCUT2D eigenvalue weighted by molar-refractivity contribution is 7.75. The average Bonchev–Trinajstić information content (AvgIpc) is 2.90. The molecule has 36 heavy (non-hydrogen) atoms. The third-order valence-corrected chi connectivity index (χ3v) is 13.3. The fourth-order valence-corrected chi connectivity index (χ4v) is 10.7. The van der Waals surface area contributed by atoms with Crippen LogP contribution in [0, 0.1) is 0 Å². The van der Waals surface area contributed by atoms with Gasteiger partial charge in [-0.1, -0.05) is 104 Å². The van der Waals surface area contributed by atoms with Gasteiger partial charge in [0.25, 0.3) is 0 Å². The van der Waals surface area contributed by atoms with Gasteiger partial charge >= 0.3 is 0 Å². The van der Waals surface area contributed by atoms with Crippen LogP contribution in [0.3, 0.4) is 0 Å². The lowest BCUT2D eigenvalue weighted by molar-refractivity contribution is -0.928. The molecule has 0 aliphatic rings. The Bertz CT molecular complexity index is 420. The van der Waals surface area contributed by atoms with Crippen molar-refractivity contribution >= 4 is 7.26 Å². The molecule has 0 heterocycles. The smallest absolute Gasteiger partial charge is 0.0821 e. The average molecular weight is 524 g/mol. The van der Waals surface area contributed by atoms with Crippen molar-refractivity contribution in [3.8, 4) is 0 Å². The molecule has 0 bridgehead atoms. The Labute approximate surface area is 230 Å². The standard InChI is InChI=1S/C34H70NP/c1-7-13-27-35(28-14-8-2,29-15-9-3)30-25-23-21-19-20-22-24-26-34-36(31-16-10-4,32-17-11-5)33-18-12-6/h21-24H,7-20,25-34H2,1-6H3/q+2/b23-21+,24-22+. The van der Waals surface area contributed by atoms with Gasteiger partial charge in [0.2, 0.25) is 0 Å². The predicted molar refractivity (Wildman–Crippen MR) is 172 cm³/mol. The second-order valence-electron chi connectivity index (χ2n) is 11.7. The summed E-state index contributed by atoms with van der Waals surface area (Å²) in [5, 5.41) is 0. The Balaban J connectivity index is 4.59. The van der Waals surface area contributed by atoms with Crippen LogP contribution in [-0.4, -0.2) is 55.3 Å². The van der Waals surface area contributed by atoms with Gasteiger partial charge in [0, 0.05) is 13.7 Å². The number of hydrogen-bond acceptors (Lipinski definition) is 0. The molecule has 0 amide bonds. The van der Waals surface area contributed by atoms with Crippen LogP contribution in [0.4, 0.5) is 0 Å². The Morgan fingerprint density at radius 1 is 0.389 bits per heavy atom. The van der Waals surface area contributed by atoms with Crippen LogP contribution in [0.15, 0.2) is 24.3 Å². The molecule has 214 valence electrons. The molecule has 0 atom stereocenters. The number of allylic oxidation sites excluding steroid dienone is 3. The van der Waals surface area contributed by atoms with Crippen molar-refractivity contribution in [1.29, 1.82) is 0 Å². The summed E-state index contributed by atoms with van der Waals surface area (Å²) in [6, 6.07) is 0. The first-order chi connectivity index (χ1) is 17.6. The monoisotopic (exact) mass is 524 g/mol. The number of unbranched alkanes of at least 4 members (excludes halogenated alkanes) is 7. The molecule has 0 aromatic rings. The van der Waals surface area contributed by atoms with E-state index in [0.717, 1.165) is 0 Å². The van der Waals surface area contributed by atoms with Crippen LogP contribution in [0.1, 0.15) is 144 Å². The molecule has 0 rings (SSSR count). The maximum Gasteiger partial charge on any atom is 0.0821 e. The van der Waals surface area contributed by atoms with Gasteiger partial charge in [0.15, 0.2) is 0 Å². The van der Waals surface area contributed by atoms with E-state index in [-0.39, 0.29) is 0 Å². The minimum Gasteiger partial charge on any atom is -0.323 e. The maximum atomic E-state index is 2.54. The molecular formula is C34H70NP+2. The molecular weight excluding hydrogens is 453 g/mol. The summed E-state index contributed by atoms with van der Waals surface area (Å²) in [6.45, 7) is 19.7. The Kier molecular flexibility index (Phi) is 25.1. The fourth-order valence-electron chi connectivity index (χ4n) is 5.66. The molecule has 2 heteroatoms. The Hall–Kier alpha value is -0.130. The van der Waals surface area contributed by atoms with Crippen molar-refractivity contribution in [2.45, 2.75) is 144 Å². The van der Waals surface area contributed by atoms with E-state index in [4.69, 9.17) is 0 Å². The molecule has 0 saturated carbocycles. The van der Waals surface area contributed by atoms with Gasteiger partial charge in [-0.15, -0.1) is 0 Å². The van der Waals surface area contributed by atoms with Crippen LogP contribution in [0.25, 0.3) is 0 Å². The number of nitrogens with zero attached hydrogens (tertiary/aromatic N) is 1. The normalized spacial score (nSPS) is 12.9. The summed E-state index contributed by atoms with van der Waals surface area (Å²) >= 11 is 0. The van der Waals surface area contributed by atoms with Gasteiger partial charge in [-0.25, -0.2) is 0 Å². The molecule has 0 radical (unpaired) electrons. The topological polar surface area (TPSA) is 0 Å². The van der Waals surface area contributed by atoms with Gasteiger partial charge in [0.05, 0.1) is 50.8 Å².